The molecule has 2 aromatic rings. The Bertz CT molecular complexity index is 616. The molecule has 1 saturated heterocycles. The van der Waals surface area contributed by atoms with Gasteiger partial charge in [-0.25, -0.2) is 4.98 Å². The van der Waals surface area contributed by atoms with Crippen molar-refractivity contribution >= 4 is 11.0 Å². The summed E-state index contributed by atoms with van der Waals surface area (Å²) in [6.45, 7) is 5.81. The van der Waals surface area contributed by atoms with Gasteiger partial charge < -0.3 is 9.88 Å². The van der Waals surface area contributed by atoms with E-state index in [1.807, 2.05) is 28.8 Å². The largest absolute Gasteiger partial charge is 0.314 e. The molecule has 0 spiro atoms. The number of hydrogen-bond acceptors (Lipinski definition) is 4. The van der Waals surface area contributed by atoms with Crippen molar-refractivity contribution < 1.29 is 0 Å². The molecule has 0 unspecified atom stereocenters. The summed E-state index contributed by atoms with van der Waals surface area (Å²) < 4.78 is 1.82. The van der Waals surface area contributed by atoms with E-state index in [0.717, 1.165) is 50.3 Å². The number of benzene rings is 1. The molecule has 3 rings (SSSR count). The Morgan fingerprint density at radius 3 is 2.79 bits per heavy atom. The van der Waals surface area contributed by atoms with E-state index < -0.39 is 0 Å². The molecule has 1 N–H and O–H groups in total. The highest BCUT2D eigenvalue weighted by Gasteiger charge is 2.10. The normalized spacial score (nSPS) is 16.8. The second-order valence-electron chi connectivity index (χ2n) is 4.83. The van der Waals surface area contributed by atoms with Gasteiger partial charge in [0.25, 0.3) is 5.56 Å². The Hall–Kier alpha value is -1.72. The maximum absolute atomic E-state index is 12.0. The lowest BCUT2D eigenvalue weighted by molar-refractivity contribution is 0.232. The molecule has 5 nitrogen and oxygen atoms in total. The zero-order valence-electron chi connectivity index (χ0n) is 10.9. The molecule has 0 saturated carbocycles. The van der Waals surface area contributed by atoms with Gasteiger partial charge in [-0.2, -0.15) is 0 Å². The summed E-state index contributed by atoms with van der Waals surface area (Å²) in [7, 11) is 0. The zero-order valence-corrected chi connectivity index (χ0v) is 10.9. The zero-order chi connectivity index (χ0) is 13.1. The van der Waals surface area contributed by atoms with Gasteiger partial charge in [-0.05, 0) is 12.1 Å². The fraction of sp³-hybridized carbons (Fsp3) is 0.429. The van der Waals surface area contributed by atoms with Gasteiger partial charge in [-0.1, -0.05) is 12.1 Å². The number of hydrogen-bond donors (Lipinski definition) is 1. The van der Waals surface area contributed by atoms with Crippen LogP contribution in [0.15, 0.2) is 35.3 Å². The third-order valence-electron chi connectivity index (χ3n) is 3.60. The first-order valence-corrected chi connectivity index (χ1v) is 6.72. The number of nitrogens with zero attached hydrogens (tertiary/aromatic N) is 3. The predicted octanol–water partition coefficient (Wildman–Crippen LogP) is 0.302. The minimum absolute atomic E-state index is 0.0196. The van der Waals surface area contributed by atoms with E-state index in [2.05, 4.69) is 15.2 Å². The minimum atomic E-state index is -0.0196. The van der Waals surface area contributed by atoms with E-state index in [-0.39, 0.29) is 5.56 Å². The minimum Gasteiger partial charge on any atom is -0.314 e. The molecule has 1 aromatic carbocycles. The van der Waals surface area contributed by atoms with E-state index in [1.54, 1.807) is 0 Å². The molecule has 1 aromatic heterocycles. The van der Waals surface area contributed by atoms with Gasteiger partial charge in [0.05, 0.1) is 17.2 Å². The first-order chi connectivity index (χ1) is 9.34. The second-order valence-corrected chi connectivity index (χ2v) is 4.83. The second kappa shape index (κ2) is 5.50. The van der Waals surface area contributed by atoms with Crippen LogP contribution in [0.3, 0.4) is 0 Å². The summed E-state index contributed by atoms with van der Waals surface area (Å²) in [5.74, 6) is 0. The lowest BCUT2D eigenvalue weighted by Gasteiger charge is -2.27. The number of piperazine rings is 1. The molecule has 1 aliphatic rings. The lowest BCUT2D eigenvalue weighted by Crippen LogP contribution is -2.45. The van der Waals surface area contributed by atoms with Crippen LogP contribution in [0.1, 0.15) is 0 Å². The van der Waals surface area contributed by atoms with Crippen LogP contribution in [0.2, 0.25) is 0 Å². The summed E-state index contributed by atoms with van der Waals surface area (Å²) in [6.07, 6.45) is 1.42. The van der Waals surface area contributed by atoms with E-state index in [0.29, 0.717) is 0 Å². The molecule has 0 aliphatic carbocycles. The Balaban J connectivity index is 1.83. The van der Waals surface area contributed by atoms with E-state index in [1.165, 1.54) is 6.20 Å². The van der Waals surface area contributed by atoms with Crippen LogP contribution in [0.25, 0.3) is 11.0 Å². The average molecular weight is 258 g/mol. The van der Waals surface area contributed by atoms with Crippen molar-refractivity contribution in [3.63, 3.8) is 0 Å². The van der Waals surface area contributed by atoms with Crippen molar-refractivity contribution in [3.05, 3.63) is 40.8 Å². The highest BCUT2D eigenvalue weighted by molar-refractivity contribution is 5.74. The van der Waals surface area contributed by atoms with Crippen molar-refractivity contribution in [2.24, 2.45) is 0 Å². The maximum Gasteiger partial charge on any atom is 0.269 e. The third-order valence-corrected chi connectivity index (χ3v) is 3.60. The molecule has 1 fully saturated rings. The fourth-order valence-corrected chi connectivity index (χ4v) is 2.52. The van der Waals surface area contributed by atoms with Gasteiger partial charge >= 0.3 is 0 Å². The molecule has 5 heteroatoms. The Morgan fingerprint density at radius 2 is 1.95 bits per heavy atom. The third kappa shape index (κ3) is 2.67. The topological polar surface area (TPSA) is 50.2 Å². The predicted molar refractivity (Wildman–Crippen MR) is 75.3 cm³/mol. The number of aromatic nitrogens is 2. The van der Waals surface area contributed by atoms with Crippen LogP contribution in [0.4, 0.5) is 0 Å². The van der Waals surface area contributed by atoms with E-state index in [4.69, 9.17) is 0 Å². The van der Waals surface area contributed by atoms with Gasteiger partial charge in [0, 0.05) is 39.3 Å². The Kier molecular flexibility index (Phi) is 3.57. The molecule has 0 amide bonds. The number of rotatable bonds is 3. The van der Waals surface area contributed by atoms with E-state index in [9.17, 15) is 4.79 Å². The van der Waals surface area contributed by atoms with Crippen LogP contribution >= 0.6 is 0 Å². The van der Waals surface area contributed by atoms with Gasteiger partial charge in [-0.15, -0.1) is 0 Å². The molecule has 0 bridgehead atoms. The average Bonchev–Trinajstić information content (AvgIpc) is 2.47. The summed E-state index contributed by atoms with van der Waals surface area (Å²) in [4.78, 5) is 18.5. The van der Waals surface area contributed by atoms with Crippen LogP contribution in [0.5, 0.6) is 0 Å². The van der Waals surface area contributed by atoms with E-state index >= 15 is 0 Å². The fourth-order valence-electron chi connectivity index (χ4n) is 2.52. The summed E-state index contributed by atoms with van der Waals surface area (Å²) in [5.41, 5.74) is 1.78. The van der Waals surface area contributed by atoms with Gasteiger partial charge in [0.15, 0.2) is 0 Å². The highest BCUT2D eigenvalue weighted by Crippen LogP contribution is 2.08. The molecule has 2 heterocycles. The quantitative estimate of drug-likeness (QED) is 0.860. The highest BCUT2D eigenvalue weighted by atomic mass is 16.1. The summed E-state index contributed by atoms with van der Waals surface area (Å²) in [6, 6.07) is 7.79. The van der Waals surface area contributed by atoms with Crippen molar-refractivity contribution in [1.82, 2.24) is 19.8 Å². The number of nitrogens with one attached hydrogen (secondary N) is 1. The van der Waals surface area contributed by atoms with Crippen LogP contribution in [-0.4, -0.2) is 47.2 Å². The van der Waals surface area contributed by atoms with Gasteiger partial charge in [-0.3, -0.25) is 9.69 Å². The van der Waals surface area contributed by atoms with Gasteiger partial charge in [0.1, 0.15) is 0 Å². The van der Waals surface area contributed by atoms with Crippen LogP contribution in [0, 0.1) is 0 Å². The molecule has 100 valence electrons. The van der Waals surface area contributed by atoms with Crippen LogP contribution in [-0.2, 0) is 6.54 Å². The molecular weight excluding hydrogens is 240 g/mol. The molecular formula is C14H18N4O. The van der Waals surface area contributed by atoms with Crippen molar-refractivity contribution in [2.45, 2.75) is 6.54 Å². The number of para-hydroxylation sites is 2. The maximum atomic E-state index is 12.0. The molecule has 0 atom stereocenters. The summed E-state index contributed by atoms with van der Waals surface area (Å²) in [5, 5.41) is 3.33. The summed E-state index contributed by atoms with van der Waals surface area (Å²) >= 11 is 0. The lowest BCUT2D eigenvalue weighted by atomic mass is 10.3. The Morgan fingerprint density at radius 1 is 1.16 bits per heavy atom. The van der Waals surface area contributed by atoms with Crippen molar-refractivity contribution in [1.29, 1.82) is 0 Å². The first kappa shape index (κ1) is 12.3. The van der Waals surface area contributed by atoms with Crippen molar-refractivity contribution in [3.8, 4) is 0 Å². The van der Waals surface area contributed by atoms with Crippen molar-refractivity contribution in [2.75, 3.05) is 32.7 Å². The smallest absolute Gasteiger partial charge is 0.269 e. The molecule has 1 aliphatic heterocycles. The number of fused-ring (bicyclic) bond motifs is 1. The first-order valence-electron chi connectivity index (χ1n) is 6.72. The Labute approximate surface area is 111 Å². The van der Waals surface area contributed by atoms with Gasteiger partial charge in [0.2, 0.25) is 0 Å². The molecule has 0 radical (unpaired) electrons. The SMILES string of the molecule is O=c1cnc2ccccc2n1CCN1CCNCC1. The van der Waals surface area contributed by atoms with Crippen LogP contribution < -0.4 is 10.9 Å². The standard InChI is InChI=1S/C14H18N4O/c19-14-11-16-12-3-1-2-4-13(12)18(14)10-9-17-7-5-15-6-8-17/h1-4,11,15H,5-10H2. The monoisotopic (exact) mass is 258 g/mol. The molecule has 19 heavy (non-hydrogen) atoms.